The molecule has 0 spiro atoms. The molecule has 4 rings (SSSR count). The molecule has 30 heavy (non-hydrogen) atoms. The van der Waals surface area contributed by atoms with Crippen molar-refractivity contribution in [3.8, 4) is 0 Å². The third-order valence-electron chi connectivity index (χ3n) is 5.48. The van der Waals surface area contributed by atoms with Crippen molar-refractivity contribution in [1.29, 1.82) is 0 Å². The number of halogens is 1. The number of hydrogen-bond acceptors (Lipinski definition) is 6. The number of nitrogens with one attached hydrogen (secondary N) is 3. The maximum atomic E-state index is 14.0. The molecule has 3 heterocycles. The fraction of sp³-hybridized carbons (Fsp3) is 0.455. The van der Waals surface area contributed by atoms with Crippen LogP contribution in [0, 0.1) is 5.82 Å². The van der Waals surface area contributed by atoms with Crippen LogP contribution in [0.2, 0.25) is 0 Å². The summed E-state index contributed by atoms with van der Waals surface area (Å²) in [5.74, 6) is 1.69. The molecular weight excluding hydrogens is 381 g/mol. The van der Waals surface area contributed by atoms with Crippen LogP contribution in [0.3, 0.4) is 0 Å². The van der Waals surface area contributed by atoms with Gasteiger partial charge < -0.3 is 16.0 Å². The SMILES string of the molecule is CC(C)c1cnn2c(NCc3ccccc3F)cc(NCCN3CCNCC3)nc12. The van der Waals surface area contributed by atoms with E-state index in [4.69, 9.17) is 4.98 Å². The zero-order valence-electron chi connectivity index (χ0n) is 17.7. The molecule has 0 saturated carbocycles. The van der Waals surface area contributed by atoms with Gasteiger partial charge in [-0.3, -0.25) is 4.90 Å². The Hall–Kier alpha value is -2.71. The van der Waals surface area contributed by atoms with Crippen LogP contribution in [-0.2, 0) is 6.54 Å². The first-order chi connectivity index (χ1) is 14.6. The molecule has 1 aliphatic heterocycles. The molecule has 160 valence electrons. The summed E-state index contributed by atoms with van der Waals surface area (Å²) in [5.41, 5.74) is 2.54. The Morgan fingerprint density at radius 1 is 1.17 bits per heavy atom. The molecule has 3 N–H and O–H groups in total. The van der Waals surface area contributed by atoms with Crippen LogP contribution in [0.4, 0.5) is 16.0 Å². The van der Waals surface area contributed by atoms with Crippen LogP contribution in [0.15, 0.2) is 36.5 Å². The van der Waals surface area contributed by atoms with E-state index in [1.54, 1.807) is 16.6 Å². The van der Waals surface area contributed by atoms with Crippen molar-refractivity contribution >= 4 is 17.3 Å². The van der Waals surface area contributed by atoms with E-state index in [1.165, 1.54) is 6.07 Å². The molecule has 8 heteroatoms. The summed E-state index contributed by atoms with van der Waals surface area (Å²) >= 11 is 0. The van der Waals surface area contributed by atoms with E-state index in [2.05, 4.69) is 39.8 Å². The zero-order chi connectivity index (χ0) is 20.9. The number of aromatic nitrogens is 3. The molecule has 0 radical (unpaired) electrons. The molecule has 0 aliphatic carbocycles. The highest BCUT2D eigenvalue weighted by atomic mass is 19.1. The lowest BCUT2D eigenvalue weighted by Crippen LogP contribution is -2.45. The molecule has 1 fully saturated rings. The van der Waals surface area contributed by atoms with Gasteiger partial charge in [-0.15, -0.1) is 0 Å². The highest BCUT2D eigenvalue weighted by Crippen LogP contribution is 2.24. The van der Waals surface area contributed by atoms with Crippen LogP contribution >= 0.6 is 0 Å². The van der Waals surface area contributed by atoms with Crippen molar-refractivity contribution in [2.24, 2.45) is 0 Å². The van der Waals surface area contributed by atoms with E-state index in [0.717, 1.165) is 62.1 Å². The van der Waals surface area contributed by atoms with Gasteiger partial charge >= 0.3 is 0 Å². The standard InChI is InChI=1S/C22H30FN7/c1-16(2)18-15-27-30-21(26-14-17-5-3-4-6-19(17)23)13-20(28-22(18)30)25-9-12-29-10-7-24-8-11-29/h3-6,13,15-16,24,26H,7-12,14H2,1-2H3,(H,25,28). The van der Waals surface area contributed by atoms with Crippen LogP contribution in [0.5, 0.6) is 0 Å². The smallest absolute Gasteiger partial charge is 0.163 e. The molecule has 3 aromatic rings. The van der Waals surface area contributed by atoms with Gasteiger partial charge in [0, 0.05) is 63.0 Å². The summed E-state index contributed by atoms with van der Waals surface area (Å²) in [6.07, 6.45) is 1.87. The molecule has 1 saturated heterocycles. The predicted octanol–water partition coefficient (Wildman–Crippen LogP) is 2.92. The summed E-state index contributed by atoms with van der Waals surface area (Å²) in [6, 6.07) is 8.76. The lowest BCUT2D eigenvalue weighted by molar-refractivity contribution is 0.249. The van der Waals surface area contributed by atoms with Gasteiger partial charge in [-0.1, -0.05) is 32.0 Å². The molecular formula is C22H30FN7. The minimum atomic E-state index is -0.215. The van der Waals surface area contributed by atoms with Crippen molar-refractivity contribution in [3.05, 3.63) is 53.5 Å². The maximum absolute atomic E-state index is 14.0. The van der Waals surface area contributed by atoms with Gasteiger partial charge in [0.05, 0.1) is 6.20 Å². The highest BCUT2D eigenvalue weighted by molar-refractivity contribution is 5.61. The molecule has 0 atom stereocenters. The number of nitrogens with zero attached hydrogens (tertiary/aromatic N) is 4. The molecule has 0 unspecified atom stereocenters. The maximum Gasteiger partial charge on any atom is 0.163 e. The lowest BCUT2D eigenvalue weighted by atomic mass is 10.1. The van der Waals surface area contributed by atoms with Crippen molar-refractivity contribution in [2.75, 3.05) is 49.9 Å². The lowest BCUT2D eigenvalue weighted by Gasteiger charge is -2.27. The second-order valence-corrected chi connectivity index (χ2v) is 7.98. The van der Waals surface area contributed by atoms with Gasteiger partial charge in [-0.25, -0.2) is 9.37 Å². The summed E-state index contributed by atoms with van der Waals surface area (Å²) in [4.78, 5) is 7.26. The normalized spacial score (nSPS) is 15.1. The Morgan fingerprint density at radius 2 is 1.97 bits per heavy atom. The van der Waals surface area contributed by atoms with Crippen molar-refractivity contribution in [3.63, 3.8) is 0 Å². The second-order valence-electron chi connectivity index (χ2n) is 7.98. The largest absolute Gasteiger partial charge is 0.369 e. The first kappa shape index (κ1) is 20.6. The molecule has 0 bridgehead atoms. The predicted molar refractivity (Wildman–Crippen MR) is 119 cm³/mol. The van der Waals surface area contributed by atoms with Gasteiger partial charge in [-0.2, -0.15) is 9.61 Å². The average molecular weight is 412 g/mol. The van der Waals surface area contributed by atoms with E-state index in [0.29, 0.717) is 18.0 Å². The quantitative estimate of drug-likeness (QED) is 0.530. The first-order valence-corrected chi connectivity index (χ1v) is 10.6. The van der Waals surface area contributed by atoms with Crippen molar-refractivity contribution in [1.82, 2.24) is 24.8 Å². The number of anilines is 2. The van der Waals surface area contributed by atoms with E-state index < -0.39 is 0 Å². The van der Waals surface area contributed by atoms with E-state index in [9.17, 15) is 4.39 Å². The number of fused-ring (bicyclic) bond motifs is 1. The summed E-state index contributed by atoms with van der Waals surface area (Å²) in [7, 11) is 0. The van der Waals surface area contributed by atoms with Gasteiger partial charge in [0.1, 0.15) is 17.5 Å². The number of piperazine rings is 1. The van der Waals surface area contributed by atoms with Crippen LogP contribution in [0.25, 0.3) is 5.65 Å². The van der Waals surface area contributed by atoms with Gasteiger partial charge in [0.25, 0.3) is 0 Å². The van der Waals surface area contributed by atoms with E-state index in [1.807, 2.05) is 18.3 Å². The number of rotatable bonds is 8. The minimum absolute atomic E-state index is 0.215. The number of benzene rings is 1. The van der Waals surface area contributed by atoms with E-state index in [-0.39, 0.29) is 5.82 Å². The summed E-state index contributed by atoms with van der Waals surface area (Å²) in [6.45, 7) is 10.7. The van der Waals surface area contributed by atoms with E-state index >= 15 is 0 Å². The van der Waals surface area contributed by atoms with Gasteiger partial charge in [0.15, 0.2) is 5.65 Å². The third kappa shape index (κ3) is 4.71. The van der Waals surface area contributed by atoms with Crippen LogP contribution in [0.1, 0.15) is 30.9 Å². The second kappa shape index (κ2) is 9.40. The van der Waals surface area contributed by atoms with Gasteiger partial charge in [0.2, 0.25) is 0 Å². The summed E-state index contributed by atoms with van der Waals surface area (Å²) in [5, 5.41) is 14.7. The third-order valence-corrected chi connectivity index (χ3v) is 5.48. The Bertz CT molecular complexity index is 979. The molecule has 0 amide bonds. The van der Waals surface area contributed by atoms with Crippen LogP contribution in [-0.4, -0.2) is 58.8 Å². The first-order valence-electron chi connectivity index (χ1n) is 10.6. The Kier molecular flexibility index (Phi) is 6.44. The number of hydrogen-bond donors (Lipinski definition) is 3. The van der Waals surface area contributed by atoms with Crippen molar-refractivity contribution in [2.45, 2.75) is 26.3 Å². The molecule has 1 aliphatic rings. The average Bonchev–Trinajstić information content (AvgIpc) is 3.18. The fourth-order valence-corrected chi connectivity index (χ4v) is 3.71. The Labute approximate surface area is 176 Å². The summed E-state index contributed by atoms with van der Waals surface area (Å²) < 4.78 is 15.8. The topological polar surface area (TPSA) is 69.5 Å². The Morgan fingerprint density at radius 3 is 2.73 bits per heavy atom. The minimum Gasteiger partial charge on any atom is -0.369 e. The monoisotopic (exact) mass is 411 g/mol. The Balaban J connectivity index is 1.53. The van der Waals surface area contributed by atoms with Crippen LogP contribution < -0.4 is 16.0 Å². The van der Waals surface area contributed by atoms with Crippen molar-refractivity contribution < 1.29 is 4.39 Å². The highest BCUT2D eigenvalue weighted by Gasteiger charge is 2.15. The molecule has 2 aromatic heterocycles. The zero-order valence-corrected chi connectivity index (χ0v) is 17.7. The molecule has 1 aromatic carbocycles. The molecule has 7 nitrogen and oxygen atoms in total. The van der Waals surface area contributed by atoms with Gasteiger partial charge in [-0.05, 0) is 12.0 Å². The fourth-order valence-electron chi connectivity index (χ4n) is 3.71.